The zero-order valence-electron chi connectivity index (χ0n) is 8.60. The number of halogens is 3. The maximum Gasteiger partial charge on any atom is 0.0501 e. The van der Waals surface area contributed by atoms with Crippen LogP contribution in [0.5, 0.6) is 0 Å². The molecule has 16 heavy (non-hydrogen) atoms. The molecule has 0 aliphatic rings. The minimum Gasteiger partial charge on any atom is -0.0843 e. The summed E-state index contributed by atoms with van der Waals surface area (Å²) in [5, 5.41) is 2.03. The molecule has 2 rings (SSSR count). The number of rotatable bonds is 1. The van der Waals surface area contributed by atoms with Crippen molar-refractivity contribution < 1.29 is 0 Å². The summed E-state index contributed by atoms with van der Waals surface area (Å²) in [6.07, 6.45) is 0. The summed E-state index contributed by atoms with van der Waals surface area (Å²) in [5.74, 6) is 0. The van der Waals surface area contributed by atoms with Crippen LogP contribution < -0.4 is 0 Å². The van der Waals surface area contributed by atoms with Crippen LogP contribution in [0.2, 0.25) is 15.1 Å². The summed E-state index contributed by atoms with van der Waals surface area (Å²) in [4.78, 5) is 0. The number of aryl methyl sites for hydroxylation is 1. The molecule has 0 spiro atoms. The van der Waals surface area contributed by atoms with E-state index < -0.39 is 0 Å². The largest absolute Gasteiger partial charge is 0.0843 e. The Kier molecular flexibility index (Phi) is 3.44. The molecule has 2 aromatic carbocycles. The second-order valence-corrected chi connectivity index (χ2v) is 4.87. The lowest BCUT2D eigenvalue weighted by Crippen LogP contribution is -1.85. The zero-order valence-corrected chi connectivity index (χ0v) is 10.9. The molecule has 0 nitrogen and oxygen atoms in total. The first-order valence-electron chi connectivity index (χ1n) is 4.79. The Labute approximate surface area is 110 Å². The number of benzene rings is 2. The summed E-state index contributed by atoms with van der Waals surface area (Å²) >= 11 is 18.0. The van der Waals surface area contributed by atoms with Gasteiger partial charge in [0.2, 0.25) is 0 Å². The molecule has 0 unspecified atom stereocenters. The van der Waals surface area contributed by atoms with E-state index in [2.05, 4.69) is 0 Å². The molecule has 0 aliphatic carbocycles. The monoisotopic (exact) mass is 270 g/mol. The van der Waals surface area contributed by atoms with Crippen molar-refractivity contribution in [2.45, 2.75) is 6.92 Å². The van der Waals surface area contributed by atoms with Crippen LogP contribution in [0.15, 0.2) is 36.4 Å². The fourth-order valence-electron chi connectivity index (χ4n) is 1.68. The van der Waals surface area contributed by atoms with Crippen molar-refractivity contribution in [3.05, 3.63) is 57.0 Å². The van der Waals surface area contributed by atoms with Crippen molar-refractivity contribution in [3.8, 4) is 11.1 Å². The van der Waals surface area contributed by atoms with Gasteiger partial charge in [-0.2, -0.15) is 0 Å². The molecule has 0 amide bonds. The van der Waals surface area contributed by atoms with Gasteiger partial charge in [0.05, 0.1) is 5.02 Å². The Morgan fingerprint density at radius 3 is 2.00 bits per heavy atom. The van der Waals surface area contributed by atoms with E-state index in [4.69, 9.17) is 34.8 Å². The van der Waals surface area contributed by atoms with Gasteiger partial charge in [-0.1, -0.05) is 46.9 Å². The van der Waals surface area contributed by atoms with Gasteiger partial charge in [-0.05, 0) is 42.3 Å². The van der Waals surface area contributed by atoms with Gasteiger partial charge in [0.1, 0.15) is 0 Å². The molecule has 0 saturated heterocycles. The molecule has 0 heterocycles. The van der Waals surface area contributed by atoms with Crippen molar-refractivity contribution >= 4 is 34.8 Å². The maximum absolute atomic E-state index is 6.19. The van der Waals surface area contributed by atoms with E-state index in [1.807, 2.05) is 37.3 Å². The normalized spacial score (nSPS) is 10.5. The average molecular weight is 272 g/mol. The average Bonchev–Trinajstić information content (AvgIpc) is 2.19. The Morgan fingerprint density at radius 2 is 1.44 bits per heavy atom. The van der Waals surface area contributed by atoms with Gasteiger partial charge in [0.15, 0.2) is 0 Å². The first kappa shape index (κ1) is 11.8. The zero-order chi connectivity index (χ0) is 11.7. The highest BCUT2D eigenvalue weighted by Crippen LogP contribution is 2.34. The Morgan fingerprint density at radius 1 is 0.812 bits per heavy atom. The van der Waals surface area contributed by atoms with Gasteiger partial charge in [0, 0.05) is 15.6 Å². The van der Waals surface area contributed by atoms with Crippen LogP contribution in [0.4, 0.5) is 0 Å². The summed E-state index contributed by atoms with van der Waals surface area (Å²) < 4.78 is 0. The lowest BCUT2D eigenvalue weighted by atomic mass is 10.0. The van der Waals surface area contributed by atoms with E-state index in [1.54, 1.807) is 6.07 Å². The number of hydrogen-bond donors (Lipinski definition) is 0. The Hall–Kier alpha value is -0.690. The molecule has 0 atom stereocenters. The predicted octanol–water partition coefficient (Wildman–Crippen LogP) is 5.62. The molecule has 0 saturated carbocycles. The van der Waals surface area contributed by atoms with Crippen molar-refractivity contribution in [2.24, 2.45) is 0 Å². The van der Waals surface area contributed by atoms with E-state index in [0.717, 1.165) is 16.7 Å². The van der Waals surface area contributed by atoms with Gasteiger partial charge in [-0.25, -0.2) is 0 Å². The summed E-state index contributed by atoms with van der Waals surface area (Å²) in [6, 6.07) is 11.2. The van der Waals surface area contributed by atoms with Crippen molar-refractivity contribution in [1.29, 1.82) is 0 Å². The second-order valence-electron chi connectivity index (χ2n) is 3.59. The molecular formula is C13H9Cl3. The molecule has 82 valence electrons. The van der Waals surface area contributed by atoms with E-state index in [0.29, 0.717) is 15.1 Å². The Bertz CT molecular complexity index is 492. The van der Waals surface area contributed by atoms with E-state index in [-0.39, 0.29) is 0 Å². The van der Waals surface area contributed by atoms with Gasteiger partial charge in [-0.3, -0.25) is 0 Å². The van der Waals surface area contributed by atoms with Gasteiger partial charge < -0.3 is 0 Å². The molecule has 0 aromatic heterocycles. The van der Waals surface area contributed by atoms with Crippen molar-refractivity contribution in [3.63, 3.8) is 0 Å². The Balaban J connectivity index is 2.60. The SMILES string of the molecule is Cc1cc(Cl)cc(Cl)c1-c1ccc(Cl)cc1. The smallest absolute Gasteiger partial charge is 0.0501 e. The highest BCUT2D eigenvalue weighted by atomic mass is 35.5. The van der Waals surface area contributed by atoms with Gasteiger partial charge in [-0.15, -0.1) is 0 Å². The van der Waals surface area contributed by atoms with Gasteiger partial charge >= 0.3 is 0 Å². The fourth-order valence-corrected chi connectivity index (χ4v) is 2.51. The topological polar surface area (TPSA) is 0 Å². The summed E-state index contributed by atoms with van der Waals surface area (Å²) in [7, 11) is 0. The van der Waals surface area contributed by atoms with Crippen LogP contribution in [0.25, 0.3) is 11.1 Å². The standard InChI is InChI=1S/C13H9Cl3/c1-8-6-11(15)7-12(16)13(8)9-2-4-10(14)5-3-9/h2-7H,1H3. The van der Waals surface area contributed by atoms with Crippen LogP contribution in [0.3, 0.4) is 0 Å². The molecule has 0 bridgehead atoms. The minimum atomic E-state index is 0.653. The van der Waals surface area contributed by atoms with Crippen LogP contribution in [-0.2, 0) is 0 Å². The first-order chi connectivity index (χ1) is 7.58. The highest BCUT2D eigenvalue weighted by Gasteiger charge is 2.08. The lowest BCUT2D eigenvalue weighted by Gasteiger charge is -2.09. The third-order valence-electron chi connectivity index (χ3n) is 2.39. The summed E-state index contributed by atoms with van der Waals surface area (Å²) in [5.41, 5.74) is 3.10. The second kappa shape index (κ2) is 4.67. The highest BCUT2D eigenvalue weighted by molar-refractivity contribution is 6.36. The fraction of sp³-hybridized carbons (Fsp3) is 0.0769. The quantitative estimate of drug-likeness (QED) is 0.631. The van der Waals surface area contributed by atoms with Crippen LogP contribution in [0, 0.1) is 6.92 Å². The molecule has 0 N–H and O–H groups in total. The maximum atomic E-state index is 6.19. The third-order valence-corrected chi connectivity index (χ3v) is 3.15. The predicted molar refractivity (Wildman–Crippen MR) is 71.6 cm³/mol. The first-order valence-corrected chi connectivity index (χ1v) is 5.93. The molecular weight excluding hydrogens is 263 g/mol. The van der Waals surface area contributed by atoms with Crippen molar-refractivity contribution in [2.75, 3.05) is 0 Å². The van der Waals surface area contributed by atoms with Gasteiger partial charge in [0.25, 0.3) is 0 Å². The van der Waals surface area contributed by atoms with E-state index in [9.17, 15) is 0 Å². The van der Waals surface area contributed by atoms with Crippen LogP contribution in [0.1, 0.15) is 5.56 Å². The minimum absolute atomic E-state index is 0.653. The van der Waals surface area contributed by atoms with Crippen LogP contribution >= 0.6 is 34.8 Å². The van der Waals surface area contributed by atoms with E-state index in [1.165, 1.54) is 0 Å². The van der Waals surface area contributed by atoms with E-state index >= 15 is 0 Å². The molecule has 0 radical (unpaired) electrons. The molecule has 0 aliphatic heterocycles. The molecule has 2 aromatic rings. The molecule has 0 fully saturated rings. The van der Waals surface area contributed by atoms with Crippen LogP contribution in [-0.4, -0.2) is 0 Å². The molecule has 3 heteroatoms. The summed E-state index contributed by atoms with van der Waals surface area (Å²) in [6.45, 7) is 1.99. The third kappa shape index (κ3) is 2.35. The number of hydrogen-bond acceptors (Lipinski definition) is 0. The van der Waals surface area contributed by atoms with Crippen molar-refractivity contribution in [1.82, 2.24) is 0 Å². The lowest BCUT2D eigenvalue weighted by molar-refractivity contribution is 1.46.